The first-order chi connectivity index (χ1) is 9.63. The lowest BCUT2D eigenvalue weighted by molar-refractivity contribution is 0.414. The van der Waals surface area contributed by atoms with Gasteiger partial charge in [-0.2, -0.15) is 0 Å². The number of nitrogens with two attached hydrogens (primary N) is 2. The van der Waals surface area contributed by atoms with Gasteiger partial charge >= 0.3 is 0 Å². The summed E-state index contributed by atoms with van der Waals surface area (Å²) in [6.07, 6.45) is 0. The lowest BCUT2D eigenvalue weighted by Gasteiger charge is -2.09. The molecule has 0 aromatic heterocycles. The summed E-state index contributed by atoms with van der Waals surface area (Å²) < 4.78 is 10.3. The number of anilines is 2. The summed E-state index contributed by atoms with van der Waals surface area (Å²) in [7, 11) is 6.36. The number of rotatable bonds is 5. The Balaban J connectivity index is 2.09. The molecule has 0 fully saturated rings. The van der Waals surface area contributed by atoms with Crippen molar-refractivity contribution in [1.29, 1.82) is 0 Å². The maximum atomic E-state index is 5.98. The summed E-state index contributed by atoms with van der Waals surface area (Å²) in [5.41, 5.74) is 13.3. The molecule has 0 saturated carbocycles. The molecule has 0 aliphatic rings. The fourth-order valence-corrected chi connectivity index (χ4v) is 3.74. The molecule has 4 nitrogen and oxygen atoms in total. The number of nitrogen functional groups attached to an aromatic ring is 2. The van der Waals surface area contributed by atoms with Crippen LogP contribution in [0.5, 0.6) is 11.5 Å². The fourth-order valence-electron chi connectivity index (χ4n) is 1.55. The average molecular weight is 308 g/mol. The van der Waals surface area contributed by atoms with Crippen molar-refractivity contribution in [3.63, 3.8) is 0 Å². The van der Waals surface area contributed by atoms with E-state index in [9.17, 15) is 0 Å². The van der Waals surface area contributed by atoms with E-state index in [-0.39, 0.29) is 0 Å². The molecule has 0 amide bonds. The first kappa shape index (κ1) is 14.7. The van der Waals surface area contributed by atoms with Crippen LogP contribution >= 0.6 is 21.6 Å². The van der Waals surface area contributed by atoms with Crippen molar-refractivity contribution in [2.45, 2.75) is 9.79 Å². The van der Waals surface area contributed by atoms with Crippen LogP contribution in [0.25, 0.3) is 0 Å². The molecule has 20 heavy (non-hydrogen) atoms. The van der Waals surface area contributed by atoms with E-state index in [1.165, 1.54) is 0 Å². The van der Waals surface area contributed by atoms with Gasteiger partial charge in [0, 0.05) is 33.3 Å². The number of hydrogen-bond donors (Lipinski definition) is 2. The highest BCUT2D eigenvalue weighted by molar-refractivity contribution is 8.76. The highest BCUT2D eigenvalue weighted by atomic mass is 33.1. The van der Waals surface area contributed by atoms with Crippen LogP contribution in [0.3, 0.4) is 0 Å². The second-order valence-electron chi connectivity index (χ2n) is 3.97. The smallest absolute Gasteiger partial charge is 0.120 e. The molecule has 0 atom stereocenters. The minimum Gasteiger partial charge on any atom is -0.497 e. The average Bonchev–Trinajstić information content (AvgIpc) is 2.46. The molecular weight excluding hydrogens is 292 g/mol. The highest BCUT2D eigenvalue weighted by Gasteiger charge is 2.06. The van der Waals surface area contributed by atoms with Crippen molar-refractivity contribution in [1.82, 2.24) is 0 Å². The number of benzene rings is 2. The largest absolute Gasteiger partial charge is 0.497 e. The van der Waals surface area contributed by atoms with Crippen molar-refractivity contribution in [3.05, 3.63) is 36.4 Å². The molecule has 0 radical (unpaired) electrons. The molecule has 0 aliphatic heterocycles. The molecule has 4 N–H and O–H groups in total. The summed E-state index contributed by atoms with van der Waals surface area (Å²) >= 11 is 0. The molecule has 106 valence electrons. The van der Waals surface area contributed by atoms with E-state index >= 15 is 0 Å². The summed E-state index contributed by atoms with van der Waals surface area (Å²) in [5, 5.41) is 0. The predicted molar refractivity (Wildman–Crippen MR) is 86.5 cm³/mol. The molecular formula is C14H16N2O2S2. The molecule has 0 aliphatic carbocycles. The van der Waals surface area contributed by atoms with E-state index in [4.69, 9.17) is 20.9 Å². The van der Waals surface area contributed by atoms with Crippen LogP contribution in [0.4, 0.5) is 11.4 Å². The number of methoxy groups -OCH3 is 2. The normalized spacial score (nSPS) is 10.3. The molecule has 6 heteroatoms. The molecule has 2 aromatic rings. The zero-order valence-electron chi connectivity index (χ0n) is 11.3. The Morgan fingerprint density at radius 2 is 1.15 bits per heavy atom. The zero-order chi connectivity index (χ0) is 14.5. The van der Waals surface area contributed by atoms with Gasteiger partial charge in [-0.15, -0.1) is 0 Å². The zero-order valence-corrected chi connectivity index (χ0v) is 12.9. The van der Waals surface area contributed by atoms with E-state index < -0.39 is 0 Å². The van der Waals surface area contributed by atoms with E-state index in [0.717, 1.165) is 21.3 Å². The SMILES string of the molecule is COc1ccc(SSc2ccc(OC)cc2N)c(N)c1. The van der Waals surface area contributed by atoms with Crippen molar-refractivity contribution < 1.29 is 9.47 Å². The van der Waals surface area contributed by atoms with Gasteiger partial charge in [-0.25, -0.2) is 0 Å². The van der Waals surface area contributed by atoms with Gasteiger partial charge in [0.05, 0.1) is 14.2 Å². The van der Waals surface area contributed by atoms with Crippen molar-refractivity contribution in [2.75, 3.05) is 25.7 Å². The van der Waals surface area contributed by atoms with Gasteiger partial charge in [0.1, 0.15) is 11.5 Å². The van der Waals surface area contributed by atoms with Crippen LogP contribution in [-0.2, 0) is 0 Å². The summed E-state index contributed by atoms with van der Waals surface area (Å²) in [6.45, 7) is 0. The van der Waals surface area contributed by atoms with Crippen LogP contribution in [0.15, 0.2) is 46.2 Å². The molecule has 2 aromatic carbocycles. The third-order valence-corrected chi connectivity index (χ3v) is 5.17. The van der Waals surface area contributed by atoms with Crippen LogP contribution in [0.1, 0.15) is 0 Å². The predicted octanol–water partition coefficient (Wildman–Crippen LogP) is 3.67. The van der Waals surface area contributed by atoms with E-state index in [0.29, 0.717) is 11.4 Å². The maximum Gasteiger partial charge on any atom is 0.120 e. The molecule has 0 spiro atoms. The Kier molecular flexibility index (Phi) is 4.92. The van der Waals surface area contributed by atoms with Crippen LogP contribution in [0, 0.1) is 0 Å². The number of hydrogen-bond acceptors (Lipinski definition) is 6. The first-order valence-corrected chi connectivity index (χ1v) is 8.00. The number of ether oxygens (including phenoxy) is 2. The first-order valence-electron chi connectivity index (χ1n) is 5.85. The van der Waals surface area contributed by atoms with Crippen molar-refractivity contribution >= 4 is 33.0 Å². The van der Waals surface area contributed by atoms with Gasteiger partial charge in [0.15, 0.2) is 0 Å². The second-order valence-corrected chi connectivity index (χ2v) is 6.19. The van der Waals surface area contributed by atoms with Crippen LogP contribution < -0.4 is 20.9 Å². The third-order valence-electron chi connectivity index (χ3n) is 2.66. The van der Waals surface area contributed by atoms with Crippen molar-refractivity contribution in [3.8, 4) is 11.5 Å². The van der Waals surface area contributed by atoms with Crippen LogP contribution in [-0.4, -0.2) is 14.2 Å². The summed E-state index contributed by atoms with van der Waals surface area (Å²) in [6, 6.07) is 11.3. The Morgan fingerprint density at radius 3 is 1.45 bits per heavy atom. The Bertz CT molecular complexity index is 552. The Hall–Kier alpha value is -1.66. The lowest BCUT2D eigenvalue weighted by atomic mass is 10.3. The van der Waals surface area contributed by atoms with E-state index in [1.807, 2.05) is 24.3 Å². The molecule has 0 bridgehead atoms. The van der Waals surface area contributed by atoms with Gasteiger partial charge in [0.2, 0.25) is 0 Å². The Morgan fingerprint density at radius 1 is 0.750 bits per heavy atom. The quantitative estimate of drug-likeness (QED) is 0.649. The molecule has 2 rings (SSSR count). The van der Waals surface area contributed by atoms with Gasteiger partial charge in [-0.3, -0.25) is 0 Å². The lowest BCUT2D eigenvalue weighted by Crippen LogP contribution is -1.91. The van der Waals surface area contributed by atoms with Gasteiger partial charge in [0.25, 0.3) is 0 Å². The molecule has 0 saturated heterocycles. The third kappa shape index (κ3) is 3.46. The topological polar surface area (TPSA) is 70.5 Å². The maximum absolute atomic E-state index is 5.98. The van der Waals surface area contributed by atoms with Crippen LogP contribution in [0.2, 0.25) is 0 Å². The van der Waals surface area contributed by atoms with Gasteiger partial charge in [-0.05, 0) is 24.3 Å². The minimum atomic E-state index is 0.689. The van der Waals surface area contributed by atoms with Crippen molar-refractivity contribution in [2.24, 2.45) is 0 Å². The monoisotopic (exact) mass is 308 g/mol. The minimum absolute atomic E-state index is 0.689. The fraction of sp³-hybridized carbons (Fsp3) is 0.143. The standard InChI is InChI=1S/C14H16N2O2S2/c1-17-9-3-5-13(11(15)7-9)19-20-14-6-4-10(18-2)8-12(14)16/h3-8H,15-16H2,1-2H3. The van der Waals surface area contributed by atoms with E-state index in [1.54, 1.807) is 47.9 Å². The van der Waals surface area contributed by atoms with Gasteiger partial charge in [-0.1, -0.05) is 21.6 Å². The Labute approximate surface area is 126 Å². The summed E-state index contributed by atoms with van der Waals surface area (Å²) in [4.78, 5) is 1.96. The van der Waals surface area contributed by atoms with Gasteiger partial charge < -0.3 is 20.9 Å². The highest BCUT2D eigenvalue weighted by Crippen LogP contribution is 2.43. The molecule has 0 unspecified atom stereocenters. The van der Waals surface area contributed by atoms with E-state index in [2.05, 4.69) is 0 Å². The summed E-state index contributed by atoms with van der Waals surface area (Å²) in [5.74, 6) is 1.50. The molecule has 0 heterocycles. The second kappa shape index (κ2) is 6.67.